The molecule has 1 amide bonds. The Labute approximate surface area is 162 Å². The normalized spacial score (nSPS) is 18.5. The number of carbonyl (C=O) groups is 2. The van der Waals surface area contributed by atoms with Gasteiger partial charge < -0.3 is 10.0 Å². The smallest absolute Gasteiger partial charge is 0.295 e. The van der Waals surface area contributed by atoms with E-state index in [1.165, 1.54) is 29.2 Å². The number of rotatable bonds is 6. The van der Waals surface area contributed by atoms with Gasteiger partial charge in [-0.05, 0) is 24.1 Å². The lowest BCUT2D eigenvalue weighted by molar-refractivity contribution is -0.384. The number of carbonyl (C=O) groups excluding carboxylic acids is 2. The molecule has 0 aromatic heterocycles. The molecule has 1 aliphatic heterocycles. The van der Waals surface area contributed by atoms with E-state index in [1.807, 2.05) is 6.92 Å². The molecule has 0 aliphatic carbocycles. The van der Waals surface area contributed by atoms with Gasteiger partial charge in [0.25, 0.3) is 17.4 Å². The molecule has 0 bridgehead atoms. The van der Waals surface area contributed by atoms with Crippen LogP contribution in [0.4, 0.5) is 5.69 Å². The Kier molecular flexibility index (Phi) is 5.54. The lowest BCUT2D eigenvalue weighted by Gasteiger charge is -2.25. The Hall–Kier alpha value is -3.48. The number of unbranched alkanes of at least 4 members (excludes halogenated alkanes) is 1. The number of nitro benzene ring substituents is 1. The molecule has 0 radical (unpaired) electrons. The molecule has 1 fully saturated rings. The van der Waals surface area contributed by atoms with E-state index >= 15 is 0 Å². The third kappa shape index (κ3) is 3.51. The Balaban J connectivity index is 2.14. The third-order valence-corrected chi connectivity index (χ3v) is 4.76. The maximum atomic E-state index is 12.7. The van der Waals surface area contributed by atoms with Crippen molar-refractivity contribution in [2.24, 2.45) is 0 Å². The largest absolute Gasteiger partial charge is 0.507 e. The van der Waals surface area contributed by atoms with Gasteiger partial charge in [-0.1, -0.05) is 43.7 Å². The molecule has 1 atom stereocenters. The molecule has 2 aromatic rings. The van der Waals surface area contributed by atoms with Gasteiger partial charge in [0.2, 0.25) is 0 Å². The maximum Gasteiger partial charge on any atom is 0.295 e. The molecule has 1 heterocycles. The van der Waals surface area contributed by atoms with Crippen LogP contribution in [0.1, 0.15) is 36.9 Å². The van der Waals surface area contributed by atoms with Crippen LogP contribution in [-0.4, -0.2) is 33.2 Å². The number of nitrogens with zero attached hydrogens (tertiary/aromatic N) is 2. The molecule has 0 unspecified atom stereocenters. The average molecular weight is 380 g/mol. The van der Waals surface area contributed by atoms with Crippen molar-refractivity contribution in [2.75, 3.05) is 6.54 Å². The molecule has 0 spiro atoms. The van der Waals surface area contributed by atoms with Crippen molar-refractivity contribution in [3.63, 3.8) is 0 Å². The summed E-state index contributed by atoms with van der Waals surface area (Å²) < 4.78 is 0. The van der Waals surface area contributed by atoms with Crippen LogP contribution in [0.3, 0.4) is 0 Å². The predicted molar refractivity (Wildman–Crippen MR) is 103 cm³/mol. The summed E-state index contributed by atoms with van der Waals surface area (Å²) in [5.74, 6) is -1.67. The van der Waals surface area contributed by atoms with Gasteiger partial charge in [-0.25, -0.2) is 0 Å². The van der Waals surface area contributed by atoms with Crippen LogP contribution in [0.15, 0.2) is 60.2 Å². The molecule has 7 heteroatoms. The number of benzene rings is 2. The van der Waals surface area contributed by atoms with Gasteiger partial charge in [0, 0.05) is 24.2 Å². The monoisotopic (exact) mass is 380 g/mol. The Bertz CT molecular complexity index is 935. The summed E-state index contributed by atoms with van der Waals surface area (Å²) in [7, 11) is 0. The van der Waals surface area contributed by atoms with Crippen LogP contribution in [0.2, 0.25) is 0 Å². The first-order valence-corrected chi connectivity index (χ1v) is 9.04. The first kappa shape index (κ1) is 19.3. The second-order valence-corrected chi connectivity index (χ2v) is 6.56. The average Bonchev–Trinajstić information content (AvgIpc) is 2.97. The zero-order chi connectivity index (χ0) is 20.3. The second kappa shape index (κ2) is 8.04. The molecular formula is C21H20N2O5. The minimum Gasteiger partial charge on any atom is -0.507 e. The highest BCUT2D eigenvalue weighted by atomic mass is 16.6. The number of ketones is 1. The predicted octanol–water partition coefficient (Wildman–Crippen LogP) is 3.82. The Morgan fingerprint density at radius 3 is 2.32 bits per heavy atom. The first-order valence-electron chi connectivity index (χ1n) is 9.04. The van der Waals surface area contributed by atoms with E-state index in [2.05, 4.69) is 0 Å². The summed E-state index contributed by atoms with van der Waals surface area (Å²) in [6.45, 7) is 2.33. The van der Waals surface area contributed by atoms with Crippen LogP contribution in [0.25, 0.3) is 5.76 Å². The van der Waals surface area contributed by atoms with Crippen LogP contribution in [-0.2, 0) is 9.59 Å². The van der Waals surface area contributed by atoms with Crippen molar-refractivity contribution in [1.29, 1.82) is 0 Å². The van der Waals surface area contributed by atoms with Gasteiger partial charge in [0.1, 0.15) is 5.76 Å². The van der Waals surface area contributed by atoms with Gasteiger partial charge in [0.05, 0.1) is 16.5 Å². The zero-order valence-electron chi connectivity index (χ0n) is 15.4. The first-order chi connectivity index (χ1) is 13.5. The number of hydrogen-bond acceptors (Lipinski definition) is 5. The van der Waals surface area contributed by atoms with Gasteiger partial charge in [-0.2, -0.15) is 0 Å². The van der Waals surface area contributed by atoms with E-state index in [4.69, 9.17) is 0 Å². The van der Waals surface area contributed by atoms with Crippen molar-refractivity contribution in [3.8, 4) is 0 Å². The van der Waals surface area contributed by atoms with E-state index in [9.17, 15) is 24.8 Å². The molecule has 144 valence electrons. The number of non-ortho nitro benzene ring substituents is 1. The van der Waals surface area contributed by atoms with Crippen molar-refractivity contribution in [2.45, 2.75) is 25.8 Å². The SMILES string of the molecule is CCCCN1C(=O)C(=O)/C(=C(/O)c2ccccc2)[C@@H]1c1ccc([N+](=O)[O-])cc1. The van der Waals surface area contributed by atoms with Crippen LogP contribution >= 0.6 is 0 Å². The molecular weight excluding hydrogens is 360 g/mol. The number of likely N-dealkylation sites (tertiary alicyclic amines) is 1. The molecule has 1 N–H and O–H groups in total. The number of aliphatic hydroxyl groups excluding tert-OH is 1. The molecule has 1 saturated heterocycles. The van der Waals surface area contributed by atoms with Gasteiger partial charge in [-0.3, -0.25) is 19.7 Å². The van der Waals surface area contributed by atoms with E-state index in [-0.39, 0.29) is 17.0 Å². The van der Waals surface area contributed by atoms with Crippen molar-refractivity contribution >= 4 is 23.1 Å². The van der Waals surface area contributed by atoms with E-state index < -0.39 is 22.7 Å². The quantitative estimate of drug-likeness (QED) is 0.270. The fourth-order valence-electron chi connectivity index (χ4n) is 3.32. The molecule has 2 aromatic carbocycles. The Morgan fingerprint density at radius 1 is 1.11 bits per heavy atom. The molecule has 0 saturated carbocycles. The highest BCUT2D eigenvalue weighted by molar-refractivity contribution is 6.46. The van der Waals surface area contributed by atoms with E-state index in [0.29, 0.717) is 24.1 Å². The summed E-state index contributed by atoms with van der Waals surface area (Å²) in [6.07, 6.45) is 1.52. The molecule has 1 aliphatic rings. The second-order valence-electron chi connectivity index (χ2n) is 6.56. The van der Waals surface area contributed by atoms with E-state index in [0.717, 1.165) is 6.42 Å². The summed E-state index contributed by atoms with van der Waals surface area (Å²) in [5, 5.41) is 21.7. The van der Waals surface area contributed by atoms with Crippen LogP contribution in [0, 0.1) is 10.1 Å². The van der Waals surface area contributed by atoms with Crippen molar-refractivity contribution in [1.82, 2.24) is 4.90 Å². The summed E-state index contributed by atoms with van der Waals surface area (Å²) >= 11 is 0. The standard InChI is InChI=1S/C21H20N2O5/c1-2-3-13-22-18(14-9-11-16(12-10-14)23(27)28)17(20(25)21(22)26)19(24)15-7-5-4-6-8-15/h4-12,18,24H,2-3,13H2,1H3/b19-17+/t18-/m0/s1. The zero-order valence-corrected chi connectivity index (χ0v) is 15.4. The maximum absolute atomic E-state index is 12.7. The third-order valence-electron chi connectivity index (χ3n) is 4.76. The fourth-order valence-corrected chi connectivity index (χ4v) is 3.32. The lowest BCUT2D eigenvalue weighted by atomic mass is 9.95. The summed E-state index contributed by atoms with van der Waals surface area (Å²) in [6, 6.07) is 13.5. The number of hydrogen-bond donors (Lipinski definition) is 1. The lowest BCUT2D eigenvalue weighted by Crippen LogP contribution is -2.30. The van der Waals surface area contributed by atoms with Crippen molar-refractivity contribution in [3.05, 3.63) is 81.4 Å². The number of amides is 1. The highest BCUT2D eigenvalue weighted by Gasteiger charge is 2.45. The fraction of sp³-hybridized carbons (Fsp3) is 0.238. The van der Waals surface area contributed by atoms with E-state index in [1.54, 1.807) is 30.3 Å². The summed E-state index contributed by atoms with van der Waals surface area (Å²) in [4.78, 5) is 37.2. The number of Topliss-reactive ketones (excluding diaryl/α,β-unsaturated/α-hetero) is 1. The topological polar surface area (TPSA) is 101 Å². The van der Waals surface area contributed by atoms with Crippen molar-refractivity contribution < 1.29 is 19.6 Å². The molecule has 3 rings (SSSR count). The van der Waals surface area contributed by atoms with Crippen LogP contribution in [0.5, 0.6) is 0 Å². The number of aliphatic hydroxyl groups is 1. The highest BCUT2D eigenvalue weighted by Crippen LogP contribution is 2.39. The Morgan fingerprint density at radius 2 is 1.75 bits per heavy atom. The van der Waals surface area contributed by atoms with Gasteiger partial charge >= 0.3 is 0 Å². The molecule has 28 heavy (non-hydrogen) atoms. The minimum atomic E-state index is -0.785. The van der Waals surface area contributed by atoms with Gasteiger partial charge in [0.15, 0.2) is 0 Å². The minimum absolute atomic E-state index is 0.00107. The summed E-state index contributed by atoms with van der Waals surface area (Å²) in [5.41, 5.74) is 0.889. The number of nitro groups is 1. The van der Waals surface area contributed by atoms with Gasteiger partial charge in [-0.15, -0.1) is 0 Å². The van der Waals surface area contributed by atoms with Crippen LogP contribution < -0.4 is 0 Å². The molecule has 7 nitrogen and oxygen atoms in total.